The molecule has 0 saturated carbocycles. The molecule has 5 nitrogen and oxygen atoms in total. The van der Waals surface area contributed by atoms with Gasteiger partial charge < -0.3 is 14.1 Å². The molecule has 1 aliphatic rings. The minimum absolute atomic E-state index is 0.0703. The summed E-state index contributed by atoms with van der Waals surface area (Å²) in [5.41, 5.74) is 0.568. The summed E-state index contributed by atoms with van der Waals surface area (Å²) in [6, 6.07) is 6.40. The van der Waals surface area contributed by atoms with Crippen molar-refractivity contribution in [1.29, 1.82) is 0 Å². The summed E-state index contributed by atoms with van der Waals surface area (Å²) in [6.45, 7) is 4.55. The average Bonchev–Trinajstić information content (AvgIpc) is 3.13. The number of benzene rings is 1. The number of carbonyl (C=O) groups excluding carboxylic acids is 1. The summed E-state index contributed by atoms with van der Waals surface area (Å²) in [7, 11) is 0. The van der Waals surface area contributed by atoms with Gasteiger partial charge in [-0.05, 0) is 25.3 Å². The minimum Gasteiger partial charge on any atom is -0.443 e. The number of halogens is 1. The van der Waals surface area contributed by atoms with Gasteiger partial charge in [-0.15, -0.1) is 0 Å². The third-order valence-corrected chi connectivity index (χ3v) is 4.22. The van der Waals surface area contributed by atoms with E-state index in [0.29, 0.717) is 29.7 Å². The molecule has 128 valence electrons. The molecule has 24 heavy (non-hydrogen) atoms. The van der Waals surface area contributed by atoms with Gasteiger partial charge >= 0.3 is 0 Å². The van der Waals surface area contributed by atoms with Crippen LogP contribution in [0.5, 0.6) is 0 Å². The van der Waals surface area contributed by atoms with Gasteiger partial charge in [-0.2, -0.15) is 0 Å². The fourth-order valence-electron chi connectivity index (χ4n) is 3.14. The van der Waals surface area contributed by atoms with Crippen LogP contribution < -0.4 is 0 Å². The lowest BCUT2D eigenvalue weighted by Crippen LogP contribution is -2.34. The van der Waals surface area contributed by atoms with Crippen molar-refractivity contribution >= 4 is 5.91 Å². The fraction of sp³-hybridized carbons (Fsp3) is 0.444. The number of hydrogen-bond donors (Lipinski definition) is 0. The summed E-state index contributed by atoms with van der Waals surface area (Å²) in [5, 5.41) is 0. The predicted octanol–water partition coefficient (Wildman–Crippen LogP) is 3.25. The van der Waals surface area contributed by atoms with Crippen LogP contribution in [-0.4, -0.2) is 28.9 Å². The van der Waals surface area contributed by atoms with Crippen molar-refractivity contribution < 1.29 is 18.3 Å². The molecule has 3 rings (SSSR count). The van der Waals surface area contributed by atoms with Gasteiger partial charge in [0.2, 0.25) is 11.8 Å². The topological polar surface area (TPSA) is 55.6 Å². The van der Waals surface area contributed by atoms with Crippen LogP contribution in [0.4, 0.5) is 4.39 Å². The van der Waals surface area contributed by atoms with Crippen molar-refractivity contribution in [2.24, 2.45) is 5.92 Å². The van der Waals surface area contributed by atoms with Gasteiger partial charge in [-0.1, -0.05) is 25.1 Å². The van der Waals surface area contributed by atoms with E-state index < -0.39 is 0 Å². The molecule has 2 aromatic rings. The average molecular weight is 332 g/mol. The smallest absolute Gasteiger partial charge is 0.249 e. The number of amides is 1. The summed E-state index contributed by atoms with van der Waals surface area (Å²) in [6.07, 6.45) is 2.36. The third kappa shape index (κ3) is 3.64. The molecule has 2 unspecified atom stereocenters. The third-order valence-electron chi connectivity index (χ3n) is 4.22. The molecule has 1 saturated heterocycles. The maximum absolute atomic E-state index is 14.1. The number of carbonyl (C=O) groups is 1. The van der Waals surface area contributed by atoms with Crippen molar-refractivity contribution in [2.45, 2.75) is 32.9 Å². The number of rotatable bonds is 5. The normalized spacial score (nSPS) is 20.5. The maximum atomic E-state index is 14.1. The Morgan fingerprint density at radius 1 is 1.46 bits per heavy atom. The first-order valence-electron chi connectivity index (χ1n) is 8.07. The monoisotopic (exact) mass is 332 g/mol. The Labute approximate surface area is 140 Å². The van der Waals surface area contributed by atoms with Gasteiger partial charge in [-0.25, -0.2) is 9.37 Å². The number of oxazole rings is 1. The van der Waals surface area contributed by atoms with E-state index in [2.05, 4.69) is 11.9 Å². The number of nitrogens with zero attached hydrogens (tertiary/aromatic N) is 2. The molecule has 0 radical (unpaired) electrons. The summed E-state index contributed by atoms with van der Waals surface area (Å²) in [5.74, 6) is 1.06. The molecule has 1 aliphatic heterocycles. The van der Waals surface area contributed by atoms with E-state index in [4.69, 9.17) is 9.15 Å². The van der Waals surface area contributed by atoms with Crippen molar-refractivity contribution in [1.82, 2.24) is 9.88 Å². The molecule has 1 fully saturated rings. The van der Waals surface area contributed by atoms with E-state index in [9.17, 15) is 9.18 Å². The van der Waals surface area contributed by atoms with Crippen LogP contribution in [0.1, 0.15) is 36.6 Å². The van der Waals surface area contributed by atoms with Crippen LogP contribution in [0.2, 0.25) is 0 Å². The SMILES string of the molecule is Cc1cnc(COCC(=O)N2CC(C)CC2c2ccccc2F)o1. The molecule has 6 heteroatoms. The first-order valence-corrected chi connectivity index (χ1v) is 8.07. The van der Waals surface area contributed by atoms with E-state index in [-0.39, 0.29) is 31.0 Å². The Bertz CT molecular complexity index is 716. The molecule has 0 bridgehead atoms. The van der Waals surface area contributed by atoms with Gasteiger partial charge in [0.15, 0.2) is 0 Å². The molecule has 1 aromatic heterocycles. The van der Waals surface area contributed by atoms with E-state index in [1.165, 1.54) is 6.07 Å². The van der Waals surface area contributed by atoms with Crippen molar-refractivity contribution in [3.8, 4) is 0 Å². The number of hydrogen-bond acceptors (Lipinski definition) is 4. The molecule has 2 heterocycles. The maximum Gasteiger partial charge on any atom is 0.249 e. The second-order valence-corrected chi connectivity index (χ2v) is 6.28. The Morgan fingerprint density at radius 3 is 2.96 bits per heavy atom. The van der Waals surface area contributed by atoms with Crippen molar-refractivity contribution in [3.63, 3.8) is 0 Å². The lowest BCUT2D eigenvalue weighted by Gasteiger charge is -2.25. The standard InChI is InChI=1S/C18H21FN2O3/c1-12-7-16(14-5-3-4-6-15(14)19)21(9-12)18(22)11-23-10-17-20-8-13(2)24-17/h3-6,8,12,16H,7,9-11H2,1-2H3. The first-order chi connectivity index (χ1) is 11.5. The fourth-order valence-corrected chi connectivity index (χ4v) is 3.14. The second kappa shape index (κ2) is 7.13. The number of aryl methyl sites for hydroxylation is 1. The van der Waals surface area contributed by atoms with Gasteiger partial charge in [0, 0.05) is 12.1 Å². The molecule has 1 aromatic carbocycles. The highest BCUT2D eigenvalue weighted by molar-refractivity contribution is 5.78. The summed E-state index contributed by atoms with van der Waals surface area (Å²) in [4.78, 5) is 18.3. The first kappa shape index (κ1) is 16.6. The van der Waals surface area contributed by atoms with Crippen LogP contribution in [0.3, 0.4) is 0 Å². The largest absolute Gasteiger partial charge is 0.443 e. The van der Waals surface area contributed by atoms with Crippen LogP contribution in [0.15, 0.2) is 34.9 Å². The molecular weight excluding hydrogens is 311 g/mol. The van der Waals surface area contributed by atoms with E-state index >= 15 is 0 Å². The molecule has 2 atom stereocenters. The highest BCUT2D eigenvalue weighted by Crippen LogP contribution is 2.36. The number of ether oxygens (including phenoxy) is 1. The molecule has 0 aliphatic carbocycles. The zero-order valence-corrected chi connectivity index (χ0v) is 13.9. The van der Waals surface area contributed by atoms with Crippen molar-refractivity contribution in [3.05, 3.63) is 53.5 Å². The minimum atomic E-state index is -0.273. The lowest BCUT2D eigenvalue weighted by atomic mass is 10.0. The Hall–Kier alpha value is -2.21. The molecular formula is C18H21FN2O3. The van der Waals surface area contributed by atoms with E-state index in [0.717, 1.165) is 6.42 Å². The van der Waals surface area contributed by atoms with Gasteiger partial charge in [0.1, 0.15) is 24.8 Å². The quantitative estimate of drug-likeness (QED) is 0.843. The second-order valence-electron chi connectivity index (χ2n) is 6.28. The highest BCUT2D eigenvalue weighted by Gasteiger charge is 2.35. The van der Waals surface area contributed by atoms with Gasteiger partial charge in [0.05, 0.1) is 12.2 Å². The molecule has 0 spiro atoms. The van der Waals surface area contributed by atoms with Crippen LogP contribution in [-0.2, 0) is 16.1 Å². The van der Waals surface area contributed by atoms with Gasteiger partial charge in [0.25, 0.3) is 0 Å². The predicted molar refractivity (Wildman–Crippen MR) is 85.5 cm³/mol. The number of likely N-dealkylation sites (tertiary alicyclic amines) is 1. The molecule has 1 amide bonds. The zero-order chi connectivity index (χ0) is 17.1. The van der Waals surface area contributed by atoms with Gasteiger partial charge in [-0.3, -0.25) is 4.79 Å². The molecule has 0 N–H and O–H groups in total. The summed E-state index contributed by atoms with van der Waals surface area (Å²) < 4.78 is 24.8. The van der Waals surface area contributed by atoms with Crippen LogP contribution in [0, 0.1) is 18.7 Å². The summed E-state index contributed by atoms with van der Waals surface area (Å²) >= 11 is 0. The van der Waals surface area contributed by atoms with E-state index in [1.54, 1.807) is 36.2 Å². The van der Waals surface area contributed by atoms with Crippen LogP contribution >= 0.6 is 0 Å². The van der Waals surface area contributed by atoms with Crippen molar-refractivity contribution in [2.75, 3.05) is 13.2 Å². The highest BCUT2D eigenvalue weighted by atomic mass is 19.1. The zero-order valence-electron chi connectivity index (χ0n) is 13.9. The Kier molecular flexibility index (Phi) is 4.94. The van der Waals surface area contributed by atoms with Crippen LogP contribution in [0.25, 0.3) is 0 Å². The number of aromatic nitrogens is 1. The lowest BCUT2D eigenvalue weighted by molar-refractivity contribution is -0.137. The Morgan fingerprint density at radius 2 is 2.25 bits per heavy atom. The Balaban J connectivity index is 1.63. The van der Waals surface area contributed by atoms with E-state index in [1.807, 2.05) is 0 Å².